The van der Waals surface area contributed by atoms with Crippen LogP contribution in [0.4, 0.5) is 0 Å². The van der Waals surface area contributed by atoms with Crippen molar-refractivity contribution in [2.45, 2.75) is 52.5 Å². The molecule has 1 aromatic carbocycles. The van der Waals surface area contributed by atoms with Crippen molar-refractivity contribution in [2.24, 2.45) is 10.4 Å². The van der Waals surface area contributed by atoms with Gasteiger partial charge in [0.05, 0.1) is 20.3 Å². The SMILES string of the molecule is CCNC(=NCc1ccc(OCC)c(OC)c1)NCC1(CCOC)CCCC1.I. The molecule has 6 nitrogen and oxygen atoms in total. The van der Waals surface area contributed by atoms with E-state index in [4.69, 9.17) is 19.2 Å². The highest BCUT2D eigenvalue weighted by Gasteiger charge is 2.33. The number of benzene rings is 1. The van der Waals surface area contributed by atoms with Crippen LogP contribution in [-0.2, 0) is 11.3 Å². The van der Waals surface area contributed by atoms with Gasteiger partial charge in [0.25, 0.3) is 0 Å². The zero-order chi connectivity index (χ0) is 20.2. The molecule has 2 rings (SSSR count). The maximum Gasteiger partial charge on any atom is 0.191 e. The summed E-state index contributed by atoms with van der Waals surface area (Å²) >= 11 is 0. The molecule has 1 aliphatic carbocycles. The molecule has 2 N–H and O–H groups in total. The van der Waals surface area contributed by atoms with Gasteiger partial charge in [0.1, 0.15) is 0 Å². The van der Waals surface area contributed by atoms with Gasteiger partial charge in [0.2, 0.25) is 0 Å². The summed E-state index contributed by atoms with van der Waals surface area (Å²) in [5.74, 6) is 2.38. The van der Waals surface area contributed by atoms with Crippen LogP contribution in [0.5, 0.6) is 11.5 Å². The molecule has 7 heteroatoms. The smallest absolute Gasteiger partial charge is 0.191 e. The highest BCUT2D eigenvalue weighted by Crippen LogP contribution is 2.40. The van der Waals surface area contributed by atoms with E-state index in [0.29, 0.717) is 18.6 Å². The van der Waals surface area contributed by atoms with Gasteiger partial charge < -0.3 is 24.8 Å². The molecular weight excluding hydrogens is 481 g/mol. The van der Waals surface area contributed by atoms with Crippen LogP contribution in [0.1, 0.15) is 51.5 Å². The number of hydrogen-bond donors (Lipinski definition) is 2. The monoisotopic (exact) mass is 519 g/mol. The third-order valence-electron chi connectivity index (χ3n) is 5.42. The first-order chi connectivity index (χ1) is 13.7. The van der Waals surface area contributed by atoms with Crippen LogP contribution in [0.25, 0.3) is 0 Å². The molecule has 1 saturated carbocycles. The van der Waals surface area contributed by atoms with Gasteiger partial charge in [0.15, 0.2) is 17.5 Å². The Morgan fingerprint density at radius 3 is 2.48 bits per heavy atom. The minimum atomic E-state index is 0. The first kappa shape index (κ1) is 25.8. The van der Waals surface area contributed by atoms with Crippen molar-refractivity contribution in [3.8, 4) is 11.5 Å². The van der Waals surface area contributed by atoms with Crippen molar-refractivity contribution in [3.63, 3.8) is 0 Å². The van der Waals surface area contributed by atoms with Gasteiger partial charge in [-0.3, -0.25) is 0 Å². The quantitative estimate of drug-likeness (QED) is 0.259. The Labute approximate surface area is 193 Å². The second-order valence-corrected chi connectivity index (χ2v) is 7.42. The molecule has 0 atom stereocenters. The molecule has 0 saturated heterocycles. The van der Waals surface area contributed by atoms with E-state index < -0.39 is 0 Å². The lowest BCUT2D eigenvalue weighted by atomic mass is 9.83. The maximum atomic E-state index is 5.59. The summed E-state index contributed by atoms with van der Waals surface area (Å²) in [5, 5.41) is 6.93. The zero-order valence-corrected chi connectivity index (χ0v) is 20.7. The number of methoxy groups -OCH3 is 2. The third kappa shape index (κ3) is 8.20. The Balaban J connectivity index is 0.00000420. The Hall–Kier alpha value is -1.22. The number of halogens is 1. The molecule has 1 aliphatic rings. The fraction of sp³-hybridized carbons (Fsp3) is 0.682. The molecule has 0 unspecified atom stereocenters. The molecule has 0 heterocycles. The topological polar surface area (TPSA) is 64.1 Å². The van der Waals surface area contributed by atoms with E-state index in [1.54, 1.807) is 14.2 Å². The van der Waals surface area contributed by atoms with Crippen molar-refractivity contribution in [2.75, 3.05) is 40.5 Å². The van der Waals surface area contributed by atoms with Crippen molar-refractivity contribution in [1.29, 1.82) is 0 Å². The first-order valence-corrected chi connectivity index (χ1v) is 10.5. The minimum absolute atomic E-state index is 0. The highest BCUT2D eigenvalue weighted by atomic mass is 127. The predicted molar refractivity (Wildman–Crippen MR) is 130 cm³/mol. The van der Waals surface area contributed by atoms with E-state index >= 15 is 0 Å². The van der Waals surface area contributed by atoms with E-state index in [1.807, 2.05) is 25.1 Å². The van der Waals surface area contributed by atoms with Crippen molar-refractivity contribution < 1.29 is 14.2 Å². The highest BCUT2D eigenvalue weighted by molar-refractivity contribution is 14.0. The molecule has 0 spiro atoms. The van der Waals surface area contributed by atoms with Crippen LogP contribution in [-0.4, -0.2) is 46.5 Å². The van der Waals surface area contributed by atoms with Gasteiger partial charge in [0, 0.05) is 26.8 Å². The minimum Gasteiger partial charge on any atom is -0.493 e. The van der Waals surface area contributed by atoms with Gasteiger partial charge in [-0.1, -0.05) is 18.9 Å². The van der Waals surface area contributed by atoms with Crippen molar-refractivity contribution in [1.82, 2.24) is 10.6 Å². The molecule has 1 aromatic rings. The van der Waals surface area contributed by atoms with Crippen LogP contribution in [0.2, 0.25) is 0 Å². The summed E-state index contributed by atoms with van der Waals surface area (Å²) in [5.41, 5.74) is 1.42. The fourth-order valence-corrected chi connectivity index (χ4v) is 3.83. The molecule has 0 amide bonds. The lowest BCUT2D eigenvalue weighted by molar-refractivity contribution is 0.138. The lowest BCUT2D eigenvalue weighted by Gasteiger charge is -2.30. The van der Waals surface area contributed by atoms with E-state index in [1.165, 1.54) is 25.7 Å². The standard InChI is InChI=1S/C22H37N3O3.HI/c1-5-23-21(25-17-22(13-14-26-3)11-7-8-12-22)24-16-18-9-10-19(28-6-2)20(15-18)27-4;/h9-10,15H,5-8,11-14,16-17H2,1-4H3,(H2,23,24,25);1H. The normalized spacial score (nSPS) is 15.5. The Kier molecular flexibility index (Phi) is 12.4. The number of hydrogen-bond acceptors (Lipinski definition) is 4. The van der Waals surface area contributed by atoms with Gasteiger partial charge in [-0.15, -0.1) is 24.0 Å². The Morgan fingerprint density at radius 1 is 1.10 bits per heavy atom. The molecule has 0 aromatic heterocycles. The summed E-state index contributed by atoms with van der Waals surface area (Å²) < 4.78 is 16.4. The van der Waals surface area contributed by atoms with Crippen molar-refractivity contribution in [3.05, 3.63) is 23.8 Å². The van der Waals surface area contributed by atoms with Crippen LogP contribution < -0.4 is 20.1 Å². The van der Waals surface area contributed by atoms with Crippen LogP contribution in [0.3, 0.4) is 0 Å². The average molecular weight is 519 g/mol. The molecular formula is C22H38IN3O3. The van der Waals surface area contributed by atoms with Crippen LogP contribution in [0, 0.1) is 5.41 Å². The average Bonchev–Trinajstić information content (AvgIpc) is 3.18. The summed E-state index contributed by atoms with van der Waals surface area (Å²) in [7, 11) is 3.45. The van der Waals surface area contributed by atoms with Crippen LogP contribution in [0.15, 0.2) is 23.2 Å². The molecule has 0 radical (unpaired) electrons. The number of aliphatic imine (C=N–C) groups is 1. The summed E-state index contributed by atoms with van der Waals surface area (Å²) in [6.45, 7) is 7.86. The van der Waals surface area contributed by atoms with Gasteiger partial charge in [-0.05, 0) is 56.2 Å². The van der Waals surface area contributed by atoms with Crippen molar-refractivity contribution >= 4 is 29.9 Å². The third-order valence-corrected chi connectivity index (χ3v) is 5.42. The molecule has 0 bridgehead atoms. The number of nitrogens with zero attached hydrogens (tertiary/aromatic N) is 1. The summed E-state index contributed by atoms with van der Waals surface area (Å²) in [6, 6.07) is 5.98. The fourth-order valence-electron chi connectivity index (χ4n) is 3.83. The Morgan fingerprint density at radius 2 is 1.86 bits per heavy atom. The number of rotatable bonds is 11. The van der Waals surface area contributed by atoms with E-state index in [2.05, 4.69) is 17.6 Å². The molecule has 1 fully saturated rings. The maximum absolute atomic E-state index is 5.59. The number of nitrogens with one attached hydrogen (secondary N) is 2. The van der Waals surface area contributed by atoms with Gasteiger partial charge in [-0.2, -0.15) is 0 Å². The second kappa shape index (κ2) is 13.9. The Bertz CT molecular complexity index is 619. The van der Waals surface area contributed by atoms with Gasteiger partial charge >= 0.3 is 0 Å². The van der Waals surface area contributed by atoms with Crippen LogP contribution >= 0.6 is 24.0 Å². The molecule has 29 heavy (non-hydrogen) atoms. The summed E-state index contributed by atoms with van der Waals surface area (Å²) in [4.78, 5) is 4.77. The molecule has 0 aliphatic heterocycles. The summed E-state index contributed by atoms with van der Waals surface area (Å²) in [6.07, 6.45) is 6.25. The van der Waals surface area contributed by atoms with Gasteiger partial charge in [-0.25, -0.2) is 4.99 Å². The number of guanidine groups is 1. The second-order valence-electron chi connectivity index (χ2n) is 7.42. The van der Waals surface area contributed by atoms with E-state index in [0.717, 1.165) is 49.1 Å². The number of ether oxygens (including phenoxy) is 3. The molecule has 166 valence electrons. The largest absolute Gasteiger partial charge is 0.493 e. The van der Waals surface area contributed by atoms with E-state index in [-0.39, 0.29) is 24.0 Å². The zero-order valence-electron chi connectivity index (χ0n) is 18.4. The van der Waals surface area contributed by atoms with E-state index in [9.17, 15) is 0 Å². The lowest BCUT2D eigenvalue weighted by Crippen LogP contribution is -2.43. The first-order valence-electron chi connectivity index (χ1n) is 10.5. The predicted octanol–water partition coefficient (Wildman–Crippen LogP) is 4.36.